The van der Waals surface area contributed by atoms with Crippen LogP contribution in [-0.4, -0.2) is 13.7 Å². The number of benzene rings is 1. The van der Waals surface area contributed by atoms with E-state index < -0.39 is 0 Å². The highest BCUT2D eigenvalue weighted by atomic mass is 19.1. The Labute approximate surface area is 83.1 Å². The van der Waals surface area contributed by atoms with Gasteiger partial charge in [-0.1, -0.05) is 0 Å². The Balaban J connectivity index is 2.40. The van der Waals surface area contributed by atoms with Gasteiger partial charge in [0.2, 0.25) is 0 Å². The fourth-order valence-corrected chi connectivity index (χ4v) is 1.87. The van der Waals surface area contributed by atoms with Crippen LogP contribution in [0.4, 0.5) is 10.1 Å². The van der Waals surface area contributed by atoms with Gasteiger partial charge < -0.3 is 10.1 Å². The normalized spacial score (nSPS) is 20.9. The van der Waals surface area contributed by atoms with E-state index in [-0.39, 0.29) is 11.9 Å². The van der Waals surface area contributed by atoms with Crippen LogP contribution in [0.3, 0.4) is 0 Å². The summed E-state index contributed by atoms with van der Waals surface area (Å²) < 4.78 is 18.4. The quantitative estimate of drug-likeness (QED) is 0.744. The number of halogens is 1. The van der Waals surface area contributed by atoms with E-state index in [1.54, 1.807) is 19.2 Å². The molecular formula is C11H14FNO. The van der Waals surface area contributed by atoms with Crippen LogP contribution in [0.2, 0.25) is 0 Å². The average molecular weight is 195 g/mol. The fourth-order valence-electron chi connectivity index (χ4n) is 1.87. The number of fused-ring (bicyclic) bond motifs is 1. The van der Waals surface area contributed by atoms with Crippen molar-refractivity contribution in [2.75, 3.05) is 19.0 Å². The Morgan fingerprint density at radius 2 is 2.36 bits per heavy atom. The molecule has 1 aliphatic rings. The van der Waals surface area contributed by atoms with Crippen LogP contribution < -0.4 is 5.32 Å². The molecule has 1 aromatic rings. The predicted molar refractivity (Wildman–Crippen MR) is 53.9 cm³/mol. The molecule has 14 heavy (non-hydrogen) atoms. The lowest BCUT2D eigenvalue weighted by atomic mass is 10.0. The van der Waals surface area contributed by atoms with Crippen LogP contribution in [0.5, 0.6) is 0 Å². The van der Waals surface area contributed by atoms with Crippen LogP contribution >= 0.6 is 0 Å². The summed E-state index contributed by atoms with van der Waals surface area (Å²) in [6, 6.07) is 4.81. The highest BCUT2D eigenvalue weighted by Gasteiger charge is 2.18. The number of hydrogen-bond donors (Lipinski definition) is 1. The Kier molecular flexibility index (Phi) is 2.68. The van der Waals surface area contributed by atoms with Gasteiger partial charge >= 0.3 is 0 Å². The monoisotopic (exact) mass is 195 g/mol. The second-order valence-corrected chi connectivity index (χ2v) is 3.52. The molecule has 0 fully saturated rings. The van der Waals surface area contributed by atoms with Crippen molar-refractivity contribution in [3.05, 3.63) is 29.6 Å². The van der Waals surface area contributed by atoms with Gasteiger partial charge in [-0.05, 0) is 31.0 Å². The molecule has 76 valence electrons. The fraction of sp³-hybridized carbons (Fsp3) is 0.455. The maximum absolute atomic E-state index is 13.1. The first-order chi connectivity index (χ1) is 6.81. The summed E-state index contributed by atoms with van der Waals surface area (Å²) in [5.74, 6) is -0.200. The van der Waals surface area contributed by atoms with Crippen LogP contribution in [-0.2, 0) is 4.74 Å². The minimum absolute atomic E-state index is 0.0238. The minimum atomic E-state index is -0.200. The molecule has 1 atom stereocenters. The maximum atomic E-state index is 13.1. The first-order valence-electron chi connectivity index (χ1n) is 4.87. The zero-order valence-electron chi connectivity index (χ0n) is 8.22. The molecule has 0 radical (unpaired) electrons. The van der Waals surface area contributed by atoms with E-state index in [0.717, 1.165) is 30.6 Å². The van der Waals surface area contributed by atoms with Gasteiger partial charge in [0.15, 0.2) is 0 Å². The third kappa shape index (κ3) is 1.73. The van der Waals surface area contributed by atoms with Gasteiger partial charge in [0, 0.05) is 24.9 Å². The summed E-state index contributed by atoms with van der Waals surface area (Å²) in [5.41, 5.74) is 1.93. The summed E-state index contributed by atoms with van der Waals surface area (Å²) >= 11 is 0. The second kappa shape index (κ2) is 3.96. The molecule has 1 aromatic carbocycles. The molecule has 1 heterocycles. The standard InChI is InChI=1S/C11H14FNO/c1-14-11-3-2-6-13-10-5-4-8(12)7-9(10)11/h4-5,7,11,13H,2-3,6H2,1H3. The predicted octanol–water partition coefficient (Wildman–Crippen LogP) is 2.72. The Morgan fingerprint density at radius 1 is 1.50 bits per heavy atom. The van der Waals surface area contributed by atoms with E-state index in [4.69, 9.17) is 4.74 Å². The average Bonchev–Trinajstić information content (AvgIpc) is 2.39. The van der Waals surface area contributed by atoms with Crippen molar-refractivity contribution in [1.29, 1.82) is 0 Å². The molecule has 0 aromatic heterocycles. The summed E-state index contributed by atoms with van der Waals surface area (Å²) in [4.78, 5) is 0. The number of methoxy groups -OCH3 is 1. The lowest BCUT2D eigenvalue weighted by Crippen LogP contribution is -2.02. The molecule has 1 N–H and O–H groups in total. The smallest absolute Gasteiger partial charge is 0.123 e. The summed E-state index contributed by atoms with van der Waals surface area (Å²) in [5, 5.41) is 3.27. The molecule has 0 aliphatic carbocycles. The summed E-state index contributed by atoms with van der Waals surface area (Å²) in [6.45, 7) is 0.929. The van der Waals surface area contributed by atoms with Crippen LogP contribution in [0.25, 0.3) is 0 Å². The lowest BCUT2D eigenvalue weighted by molar-refractivity contribution is 0.0963. The molecule has 0 saturated carbocycles. The first-order valence-corrected chi connectivity index (χ1v) is 4.87. The number of ether oxygens (including phenoxy) is 1. The van der Waals surface area contributed by atoms with E-state index in [2.05, 4.69) is 5.32 Å². The van der Waals surface area contributed by atoms with Gasteiger partial charge in [0.05, 0.1) is 6.10 Å². The molecule has 0 bridgehead atoms. The van der Waals surface area contributed by atoms with Gasteiger partial charge in [-0.25, -0.2) is 4.39 Å². The number of nitrogens with one attached hydrogen (secondary N) is 1. The van der Waals surface area contributed by atoms with Crippen molar-refractivity contribution in [1.82, 2.24) is 0 Å². The van der Waals surface area contributed by atoms with Crippen molar-refractivity contribution in [3.8, 4) is 0 Å². The highest BCUT2D eigenvalue weighted by Crippen LogP contribution is 2.31. The molecule has 1 unspecified atom stereocenters. The Bertz CT molecular complexity index is 327. The van der Waals surface area contributed by atoms with E-state index in [9.17, 15) is 4.39 Å². The molecule has 3 heteroatoms. The molecule has 1 aliphatic heterocycles. The van der Waals surface area contributed by atoms with Crippen LogP contribution in [0.1, 0.15) is 24.5 Å². The highest BCUT2D eigenvalue weighted by molar-refractivity contribution is 5.53. The molecule has 0 spiro atoms. The van der Waals surface area contributed by atoms with E-state index in [0.29, 0.717) is 0 Å². The summed E-state index contributed by atoms with van der Waals surface area (Å²) in [6.07, 6.45) is 2.02. The van der Waals surface area contributed by atoms with Crippen molar-refractivity contribution in [2.24, 2.45) is 0 Å². The van der Waals surface area contributed by atoms with Gasteiger partial charge in [-0.3, -0.25) is 0 Å². The molecule has 0 saturated heterocycles. The largest absolute Gasteiger partial charge is 0.385 e. The first kappa shape index (κ1) is 9.46. The molecular weight excluding hydrogens is 181 g/mol. The van der Waals surface area contributed by atoms with E-state index in [1.165, 1.54) is 6.07 Å². The van der Waals surface area contributed by atoms with Crippen molar-refractivity contribution >= 4 is 5.69 Å². The SMILES string of the molecule is COC1CCCNc2ccc(F)cc21. The zero-order valence-corrected chi connectivity index (χ0v) is 8.22. The molecule has 0 amide bonds. The number of anilines is 1. The van der Waals surface area contributed by atoms with Gasteiger partial charge in [-0.2, -0.15) is 0 Å². The number of hydrogen-bond acceptors (Lipinski definition) is 2. The maximum Gasteiger partial charge on any atom is 0.123 e. The third-order valence-electron chi connectivity index (χ3n) is 2.60. The molecule has 2 rings (SSSR count). The lowest BCUT2D eigenvalue weighted by Gasteiger charge is -2.15. The number of rotatable bonds is 1. The summed E-state index contributed by atoms with van der Waals surface area (Å²) in [7, 11) is 1.67. The van der Waals surface area contributed by atoms with Crippen LogP contribution in [0, 0.1) is 5.82 Å². The van der Waals surface area contributed by atoms with Crippen molar-refractivity contribution < 1.29 is 9.13 Å². The topological polar surface area (TPSA) is 21.3 Å². The Hall–Kier alpha value is -1.09. The van der Waals surface area contributed by atoms with Crippen LogP contribution in [0.15, 0.2) is 18.2 Å². The van der Waals surface area contributed by atoms with Gasteiger partial charge in [-0.15, -0.1) is 0 Å². The van der Waals surface area contributed by atoms with Gasteiger partial charge in [0.25, 0.3) is 0 Å². The Morgan fingerprint density at radius 3 is 3.14 bits per heavy atom. The van der Waals surface area contributed by atoms with E-state index in [1.807, 2.05) is 0 Å². The van der Waals surface area contributed by atoms with E-state index >= 15 is 0 Å². The third-order valence-corrected chi connectivity index (χ3v) is 2.60. The minimum Gasteiger partial charge on any atom is -0.385 e. The second-order valence-electron chi connectivity index (χ2n) is 3.52. The van der Waals surface area contributed by atoms with Crippen molar-refractivity contribution in [2.45, 2.75) is 18.9 Å². The van der Waals surface area contributed by atoms with Gasteiger partial charge in [0.1, 0.15) is 5.82 Å². The van der Waals surface area contributed by atoms with Crippen molar-refractivity contribution in [3.63, 3.8) is 0 Å². The zero-order chi connectivity index (χ0) is 9.97. The molecule has 2 nitrogen and oxygen atoms in total.